The predicted molar refractivity (Wildman–Crippen MR) is 65.6 cm³/mol. The van der Waals surface area contributed by atoms with E-state index in [1.807, 2.05) is 5.32 Å². The third-order valence-electron chi connectivity index (χ3n) is 2.03. The van der Waals surface area contributed by atoms with Gasteiger partial charge in [0.05, 0.1) is 13.2 Å². The maximum atomic E-state index is 11.7. The number of rotatable bonds is 8. The van der Waals surface area contributed by atoms with Crippen molar-refractivity contribution in [1.82, 2.24) is 10.2 Å². The number of hydrogen-bond acceptors (Lipinski definition) is 5. The molecule has 0 spiro atoms. The SMILES string of the molecule is COCCN(CCOC)C(=O)NC(=O)C=CC(=O)O. The number of ether oxygens (including phenoxy) is 2. The highest BCUT2D eigenvalue weighted by Crippen LogP contribution is 1.91. The largest absolute Gasteiger partial charge is 0.478 e. The lowest BCUT2D eigenvalue weighted by molar-refractivity contribution is -0.131. The molecular weight excluding hydrogens is 256 g/mol. The van der Waals surface area contributed by atoms with E-state index in [4.69, 9.17) is 14.6 Å². The molecule has 0 saturated carbocycles. The van der Waals surface area contributed by atoms with E-state index in [1.165, 1.54) is 19.1 Å². The van der Waals surface area contributed by atoms with Crippen LogP contribution in [0, 0.1) is 0 Å². The molecule has 19 heavy (non-hydrogen) atoms. The zero-order chi connectivity index (χ0) is 14.7. The van der Waals surface area contributed by atoms with Crippen molar-refractivity contribution in [2.75, 3.05) is 40.5 Å². The lowest BCUT2D eigenvalue weighted by Crippen LogP contribution is -2.45. The highest BCUT2D eigenvalue weighted by atomic mass is 16.5. The molecule has 0 fully saturated rings. The van der Waals surface area contributed by atoms with E-state index in [1.54, 1.807) is 0 Å². The van der Waals surface area contributed by atoms with Gasteiger partial charge in [-0.3, -0.25) is 10.1 Å². The molecule has 0 aliphatic heterocycles. The van der Waals surface area contributed by atoms with E-state index in [0.29, 0.717) is 32.4 Å². The van der Waals surface area contributed by atoms with Gasteiger partial charge < -0.3 is 19.5 Å². The number of urea groups is 1. The lowest BCUT2D eigenvalue weighted by Gasteiger charge is -2.21. The van der Waals surface area contributed by atoms with Gasteiger partial charge in [0.2, 0.25) is 0 Å². The molecule has 2 N–H and O–H groups in total. The van der Waals surface area contributed by atoms with Crippen LogP contribution in [0.25, 0.3) is 0 Å². The summed E-state index contributed by atoms with van der Waals surface area (Å²) in [6.07, 6.45) is 1.42. The number of imide groups is 1. The zero-order valence-corrected chi connectivity index (χ0v) is 10.9. The molecule has 0 atom stereocenters. The Hall–Kier alpha value is -1.93. The second-order valence-corrected chi connectivity index (χ2v) is 3.44. The van der Waals surface area contributed by atoms with Crippen molar-refractivity contribution >= 4 is 17.9 Å². The van der Waals surface area contributed by atoms with Crippen molar-refractivity contribution in [2.45, 2.75) is 0 Å². The molecular formula is C11H18N2O6. The normalized spacial score (nSPS) is 10.4. The monoisotopic (exact) mass is 274 g/mol. The third kappa shape index (κ3) is 8.75. The van der Waals surface area contributed by atoms with E-state index in [0.717, 1.165) is 6.08 Å². The second kappa shape index (κ2) is 10.0. The molecule has 0 aromatic carbocycles. The van der Waals surface area contributed by atoms with Gasteiger partial charge in [-0.1, -0.05) is 0 Å². The van der Waals surface area contributed by atoms with Crippen LogP contribution in [0.3, 0.4) is 0 Å². The minimum Gasteiger partial charge on any atom is -0.478 e. The van der Waals surface area contributed by atoms with Crippen LogP contribution in [0.2, 0.25) is 0 Å². The third-order valence-corrected chi connectivity index (χ3v) is 2.03. The van der Waals surface area contributed by atoms with Gasteiger partial charge in [-0.05, 0) is 0 Å². The highest BCUT2D eigenvalue weighted by Gasteiger charge is 2.14. The quantitative estimate of drug-likeness (QED) is 0.576. The first-order chi connectivity index (χ1) is 9.01. The van der Waals surface area contributed by atoms with E-state index in [-0.39, 0.29) is 0 Å². The van der Waals surface area contributed by atoms with Gasteiger partial charge in [0.25, 0.3) is 5.91 Å². The van der Waals surface area contributed by atoms with Crippen LogP contribution in [0.4, 0.5) is 4.79 Å². The molecule has 0 heterocycles. The number of aliphatic carboxylic acids is 1. The van der Waals surface area contributed by atoms with Gasteiger partial charge in [-0.15, -0.1) is 0 Å². The van der Waals surface area contributed by atoms with E-state index in [2.05, 4.69) is 0 Å². The molecule has 0 aromatic rings. The Balaban J connectivity index is 4.36. The molecule has 0 unspecified atom stereocenters. The number of carboxylic acids is 1. The molecule has 0 aliphatic rings. The molecule has 3 amide bonds. The van der Waals surface area contributed by atoms with Crippen molar-refractivity contribution in [3.05, 3.63) is 12.2 Å². The molecule has 0 aliphatic carbocycles. The first-order valence-corrected chi connectivity index (χ1v) is 5.50. The fraction of sp³-hybridized carbons (Fsp3) is 0.545. The van der Waals surface area contributed by atoms with E-state index in [9.17, 15) is 14.4 Å². The molecule has 0 aromatic heterocycles. The number of amides is 3. The lowest BCUT2D eigenvalue weighted by atomic mass is 10.4. The summed E-state index contributed by atoms with van der Waals surface area (Å²) in [5.74, 6) is -2.06. The number of methoxy groups -OCH3 is 2. The van der Waals surface area contributed by atoms with Gasteiger partial charge in [0, 0.05) is 39.5 Å². The summed E-state index contributed by atoms with van der Waals surface area (Å²) in [6.45, 7) is 1.22. The molecule has 0 bridgehead atoms. The molecule has 0 saturated heterocycles. The zero-order valence-electron chi connectivity index (χ0n) is 10.9. The Labute approximate surface area is 111 Å². The highest BCUT2D eigenvalue weighted by molar-refractivity contribution is 6.02. The van der Waals surface area contributed by atoms with Crippen molar-refractivity contribution < 1.29 is 29.0 Å². The van der Waals surface area contributed by atoms with Crippen LogP contribution < -0.4 is 5.32 Å². The molecule has 8 nitrogen and oxygen atoms in total. The summed E-state index contributed by atoms with van der Waals surface area (Å²) >= 11 is 0. The molecule has 0 radical (unpaired) electrons. The predicted octanol–water partition coefficient (Wildman–Crippen LogP) is -0.542. The number of nitrogens with one attached hydrogen (secondary N) is 1. The fourth-order valence-corrected chi connectivity index (χ4v) is 1.09. The Kier molecular flexibility index (Phi) is 9.02. The smallest absolute Gasteiger partial charge is 0.328 e. The minimum atomic E-state index is -1.27. The van der Waals surface area contributed by atoms with Crippen molar-refractivity contribution in [3.63, 3.8) is 0 Å². The van der Waals surface area contributed by atoms with Crippen LogP contribution in [0.1, 0.15) is 0 Å². The van der Waals surface area contributed by atoms with Crippen LogP contribution in [-0.2, 0) is 19.1 Å². The summed E-state index contributed by atoms with van der Waals surface area (Å²) in [5, 5.41) is 10.4. The van der Waals surface area contributed by atoms with Gasteiger partial charge in [0.1, 0.15) is 0 Å². The first kappa shape index (κ1) is 17.1. The number of nitrogens with zero attached hydrogens (tertiary/aromatic N) is 1. The van der Waals surface area contributed by atoms with Crippen LogP contribution in [0.15, 0.2) is 12.2 Å². The van der Waals surface area contributed by atoms with Gasteiger partial charge >= 0.3 is 12.0 Å². The van der Waals surface area contributed by atoms with Crippen LogP contribution in [0.5, 0.6) is 0 Å². The van der Waals surface area contributed by atoms with Crippen molar-refractivity contribution in [2.24, 2.45) is 0 Å². The average molecular weight is 274 g/mol. The minimum absolute atomic E-state index is 0.293. The maximum Gasteiger partial charge on any atom is 0.328 e. The summed E-state index contributed by atoms with van der Waals surface area (Å²) in [4.78, 5) is 34.5. The Morgan fingerprint density at radius 2 is 1.63 bits per heavy atom. The van der Waals surface area contributed by atoms with E-state index >= 15 is 0 Å². The fourth-order valence-electron chi connectivity index (χ4n) is 1.09. The summed E-state index contributed by atoms with van der Waals surface area (Å²) in [6, 6.07) is -0.630. The van der Waals surface area contributed by atoms with Gasteiger partial charge in [0.15, 0.2) is 0 Å². The summed E-state index contributed by atoms with van der Waals surface area (Å²) < 4.78 is 9.69. The molecule has 0 rings (SSSR count). The van der Waals surface area contributed by atoms with Gasteiger partial charge in [-0.2, -0.15) is 0 Å². The number of carbonyl (C=O) groups excluding carboxylic acids is 2. The van der Waals surface area contributed by atoms with Crippen LogP contribution in [-0.4, -0.2) is 68.4 Å². The number of carboxylic acid groups (broad SMARTS) is 1. The van der Waals surface area contributed by atoms with E-state index < -0.39 is 17.9 Å². The second-order valence-electron chi connectivity index (χ2n) is 3.44. The Morgan fingerprint density at radius 3 is 2.05 bits per heavy atom. The summed E-state index contributed by atoms with van der Waals surface area (Å²) in [5.41, 5.74) is 0. The van der Waals surface area contributed by atoms with Crippen molar-refractivity contribution in [3.8, 4) is 0 Å². The number of hydrogen-bond donors (Lipinski definition) is 2. The topological polar surface area (TPSA) is 105 Å². The van der Waals surface area contributed by atoms with Gasteiger partial charge in [-0.25, -0.2) is 9.59 Å². The summed E-state index contributed by atoms with van der Waals surface area (Å²) in [7, 11) is 2.99. The molecule has 108 valence electrons. The average Bonchev–Trinajstić information content (AvgIpc) is 2.36. The Bertz CT molecular complexity index is 334. The maximum absolute atomic E-state index is 11.7. The standard InChI is InChI=1S/C11H18N2O6/c1-18-7-5-13(6-8-19-2)11(17)12-9(14)3-4-10(15)16/h3-4H,5-8H2,1-2H3,(H,15,16)(H,12,14,17). The first-order valence-electron chi connectivity index (χ1n) is 5.50. The van der Waals surface area contributed by atoms with Crippen molar-refractivity contribution in [1.29, 1.82) is 0 Å². The van der Waals surface area contributed by atoms with Crippen LogP contribution >= 0.6 is 0 Å². The molecule has 8 heteroatoms. The number of carbonyl (C=O) groups is 3. The Morgan fingerprint density at radius 1 is 1.11 bits per heavy atom.